The maximum atomic E-state index is 12.0. The first-order valence-corrected chi connectivity index (χ1v) is 11.1. The van der Waals surface area contributed by atoms with Crippen LogP contribution in [0.15, 0.2) is 88.7 Å². The molecule has 4 rings (SSSR count). The van der Waals surface area contributed by atoms with E-state index in [-0.39, 0.29) is 12.5 Å². The summed E-state index contributed by atoms with van der Waals surface area (Å²) in [6.07, 6.45) is 0. The first-order valence-electron chi connectivity index (χ1n) is 9.43. The highest BCUT2D eigenvalue weighted by Gasteiger charge is 2.07. The molecule has 1 N–H and O–H groups in total. The summed E-state index contributed by atoms with van der Waals surface area (Å²) >= 11 is 5.01. The molecule has 0 aliphatic carbocycles. The van der Waals surface area contributed by atoms with Gasteiger partial charge in [0.1, 0.15) is 10.8 Å². The van der Waals surface area contributed by atoms with Crippen LogP contribution >= 0.6 is 27.3 Å². The fraction of sp³-hybridized carbons (Fsp3) is 0.0833. The summed E-state index contributed by atoms with van der Waals surface area (Å²) in [6.45, 7) is 0.440. The van der Waals surface area contributed by atoms with Crippen LogP contribution in [0.4, 0.5) is 0 Å². The molecule has 30 heavy (non-hydrogen) atoms. The fourth-order valence-corrected chi connectivity index (χ4v) is 3.94. The van der Waals surface area contributed by atoms with Crippen molar-refractivity contribution in [3.63, 3.8) is 0 Å². The normalized spacial score (nSPS) is 10.6. The summed E-state index contributed by atoms with van der Waals surface area (Å²) in [7, 11) is 0. The second-order valence-corrected chi connectivity index (χ2v) is 8.39. The Hall–Kier alpha value is -2.96. The largest absolute Gasteiger partial charge is 0.484 e. The third-order valence-electron chi connectivity index (χ3n) is 4.45. The van der Waals surface area contributed by atoms with Gasteiger partial charge in [-0.05, 0) is 29.8 Å². The second kappa shape index (κ2) is 9.69. The SMILES string of the molecule is O=C(COc1ccc(Br)cc1)NCc1ccc(-c2csc(-c3ccccc3)n2)cc1. The zero-order chi connectivity index (χ0) is 20.8. The van der Waals surface area contributed by atoms with Gasteiger partial charge in [0.15, 0.2) is 6.61 Å². The molecule has 0 atom stereocenters. The average Bonchev–Trinajstić information content (AvgIpc) is 3.29. The van der Waals surface area contributed by atoms with Crippen LogP contribution in [0, 0.1) is 0 Å². The van der Waals surface area contributed by atoms with Crippen LogP contribution in [0.5, 0.6) is 5.75 Å². The molecular formula is C24H19BrN2O2S. The van der Waals surface area contributed by atoms with Crippen LogP contribution in [0.25, 0.3) is 21.8 Å². The van der Waals surface area contributed by atoms with Crippen LogP contribution in [0.3, 0.4) is 0 Å². The Morgan fingerprint density at radius 1 is 0.933 bits per heavy atom. The van der Waals surface area contributed by atoms with Crippen molar-refractivity contribution >= 4 is 33.2 Å². The monoisotopic (exact) mass is 478 g/mol. The van der Waals surface area contributed by atoms with E-state index in [2.05, 4.69) is 38.8 Å². The van der Waals surface area contributed by atoms with Gasteiger partial charge >= 0.3 is 0 Å². The second-order valence-electron chi connectivity index (χ2n) is 6.62. The molecule has 1 amide bonds. The van der Waals surface area contributed by atoms with Crippen molar-refractivity contribution in [2.45, 2.75) is 6.54 Å². The molecular weight excluding hydrogens is 460 g/mol. The number of amides is 1. The highest BCUT2D eigenvalue weighted by atomic mass is 79.9. The number of benzene rings is 3. The summed E-state index contributed by atoms with van der Waals surface area (Å²) in [5, 5.41) is 5.95. The number of thiazole rings is 1. The van der Waals surface area contributed by atoms with E-state index in [1.807, 2.05) is 66.7 Å². The number of hydrogen-bond acceptors (Lipinski definition) is 4. The van der Waals surface area contributed by atoms with Crippen LogP contribution in [0.1, 0.15) is 5.56 Å². The number of hydrogen-bond donors (Lipinski definition) is 1. The van der Waals surface area contributed by atoms with Crippen LogP contribution < -0.4 is 10.1 Å². The number of nitrogens with one attached hydrogen (secondary N) is 1. The molecule has 6 heteroatoms. The molecule has 4 aromatic rings. The zero-order valence-corrected chi connectivity index (χ0v) is 18.4. The summed E-state index contributed by atoms with van der Waals surface area (Å²) in [4.78, 5) is 16.8. The van der Waals surface area contributed by atoms with Gasteiger partial charge in [-0.25, -0.2) is 4.98 Å². The Kier molecular flexibility index (Phi) is 6.57. The lowest BCUT2D eigenvalue weighted by Gasteiger charge is -2.08. The van der Waals surface area contributed by atoms with E-state index in [0.29, 0.717) is 12.3 Å². The van der Waals surface area contributed by atoms with Gasteiger partial charge in [-0.3, -0.25) is 4.79 Å². The Morgan fingerprint density at radius 2 is 1.67 bits per heavy atom. The lowest BCUT2D eigenvalue weighted by atomic mass is 10.1. The number of nitrogens with zero attached hydrogens (tertiary/aromatic N) is 1. The molecule has 0 aliphatic rings. The first kappa shape index (κ1) is 20.3. The molecule has 0 spiro atoms. The molecule has 150 valence electrons. The van der Waals surface area contributed by atoms with Crippen LogP contribution in [0.2, 0.25) is 0 Å². The molecule has 0 aliphatic heterocycles. The van der Waals surface area contributed by atoms with Crippen molar-refractivity contribution < 1.29 is 9.53 Å². The van der Waals surface area contributed by atoms with Gasteiger partial charge in [-0.2, -0.15) is 0 Å². The highest BCUT2D eigenvalue weighted by molar-refractivity contribution is 9.10. The number of aromatic nitrogens is 1. The molecule has 0 saturated carbocycles. The standard InChI is InChI=1S/C24H19BrN2O2S/c25-20-10-12-21(13-11-20)29-15-23(28)26-14-17-6-8-18(9-7-17)22-16-30-24(27-22)19-4-2-1-3-5-19/h1-13,16H,14-15H2,(H,26,28). The van der Waals surface area contributed by atoms with E-state index in [4.69, 9.17) is 9.72 Å². The van der Waals surface area contributed by atoms with Crippen LogP contribution in [-0.4, -0.2) is 17.5 Å². The molecule has 0 fully saturated rings. The van der Waals surface area contributed by atoms with E-state index in [1.54, 1.807) is 11.3 Å². The highest BCUT2D eigenvalue weighted by Crippen LogP contribution is 2.28. The van der Waals surface area contributed by atoms with E-state index < -0.39 is 0 Å². The molecule has 0 radical (unpaired) electrons. The Balaban J connectivity index is 1.30. The Bertz CT molecular complexity index is 1110. The number of carbonyl (C=O) groups is 1. The summed E-state index contributed by atoms with van der Waals surface area (Å²) in [6, 6.07) is 25.6. The number of halogens is 1. The van der Waals surface area contributed by atoms with Gasteiger partial charge in [0, 0.05) is 27.5 Å². The van der Waals surface area contributed by atoms with Crippen molar-refractivity contribution in [3.8, 4) is 27.6 Å². The average molecular weight is 479 g/mol. The van der Waals surface area contributed by atoms with E-state index >= 15 is 0 Å². The summed E-state index contributed by atoms with van der Waals surface area (Å²) in [5.41, 5.74) is 4.16. The maximum absolute atomic E-state index is 12.0. The molecule has 1 aromatic heterocycles. The lowest BCUT2D eigenvalue weighted by Crippen LogP contribution is -2.28. The van der Waals surface area contributed by atoms with E-state index in [1.165, 1.54) is 0 Å². The molecule has 3 aromatic carbocycles. The summed E-state index contributed by atoms with van der Waals surface area (Å²) in [5.74, 6) is 0.504. The third kappa shape index (κ3) is 5.34. The van der Waals surface area contributed by atoms with Crippen LogP contribution in [-0.2, 0) is 11.3 Å². The topological polar surface area (TPSA) is 51.2 Å². The van der Waals surface area contributed by atoms with Crippen molar-refractivity contribution in [2.75, 3.05) is 6.61 Å². The van der Waals surface area contributed by atoms with Gasteiger partial charge in [-0.15, -0.1) is 11.3 Å². The third-order valence-corrected chi connectivity index (χ3v) is 5.87. The number of carbonyl (C=O) groups excluding carboxylic acids is 1. The van der Waals surface area contributed by atoms with E-state index in [9.17, 15) is 4.79 Å². The maximum Gasteiger partial charge on any atom is 0.258 e. The molecule has 0 unspecified atom stereocenters. The minimum absolute atomic E-state index is 0.0131. The lowest BCUT2D eigenvalue weighted by molar-refractivity contribution is -0.123. The van der Waals surface area contributed by atoms with Gasteiger partial charge < -0.3 is 10.1 Å². The van der Waals surface area contributed by atoms with Gasteiger partial charge in [0.05, 0.1) is 5.69 Å². The van der Waals surface area contributed by atoms with Crippen molar-refractivity contribution in [3.05, 3.63) is 94.3 Å². The minimum Gasteiger partial charge on any atom is -0.484 e. The molecule has 4 nitrogen and oxygen atoms in total. The van der Waals surface area contributed by atoms with Gasteiger partial charge in [0.2, 0.25) is 0 Å². The molecule has 0 saturated heterocycles. The predicted molar refractivity (Wildman–Crippen MR) is 124 cm³/mol. The quantitative estimate of drug-likeness (QED) is 0.357. The number of ether oxygens (including phenoxy) is 1. The minimum atomic E-state index is -0.158. The fourth-order valence-electron chi connectivity index (χ4n) is 2.84. The first-order chi connectivity index (χ1) is 14.7. The Morgan fingerprint density at radius 3 is 2.40 bits per heavy atom. The van der Waals surface area contributed by atoms with Crippen molar-refractivity contribution in [2.24, 2.45) is 0 Å². The molecule has 0 bridgehead atoms. The van der Waals surface area contributed by atoms with E-state index in [0.717, 1.165) is 31.9 Å². The van der Waals surface area contributed by atoms with Crippen molar-refractivity contribution in [1.82, 2.24) is 10.3 Å². The zero-order valence-electron chi connectivity index (χ0n) is 16.0. The van der Waals surface area contributed by atoms with Crippen molar-refractivity contribution in [1.29, 1.82) is 0 Å². The predicted octanol–water partition coefficient (Wildman–Crippen LogP) is 5.93. The van der Waals surface area contributed by atoms with Gasteiger partial charge in [0.25, 0.3) is 5.91 Å². The molecule has 1 heterocycles. The summed E-state index contributed by atoms with van der Waals surface area (Å²) < 4.78 is 6.46. The number of rotatable bonds is 7. The smallest absolute Gasteiger partial charge is 0.258 e. The van der Waals surface area contributed by atoms with Gasteiger partial charge in [-0.1, -0.05) is 70.5 Å². The Labute approximate surface area is 187 Å².